The fraction of sp³-hybridized carbons (Fsp3) is 0.167. The summed E-state index contributed by atoms with van der Waals surface area (Å²) in [6, 6.07) is 5.55. The molecular formula is C12H12N2O2. The fourth-order valence-electron chi connectivity index (χ4n) is 1.67. The molecule has 0 aliphatic rings. The second-order valence-corrected chi connectivity index (χ2v) is 3.58. The second kappa shape index (κ2) is 4.18. The van der Waals surface area contributed by atoms with Crippen LogP contribution in [0.15, 0.2) is 40.4 Å². The maximum Gasteiger partial charge on any atom is 0.314 e. The van der Waals surface area contributed by atoms with E-state index in [0.29, 0.717) is 11.0 Å². The van der Waals surface area contributed by atoms with Gasteiger partial charge in [-0.3, -0.25) is 9.59 Å². The first-order valence-corrected chi connectivity index (χ1v) is 5.07. The predicted molar refractivity (Wildman–Crippen MR) is 63.7 cm³/mol. The van der Waals surface area contributed by atoms with Crippen LogP contribution in [0, 0.1) is 0 Å². The average molecular weight is 216 g/mol. The van der Waals surface area contributed by atoms with Gasteiger partial charge in [-0.1, -0.05) is 18.2 Å². The van der Waals surface area contributed by atoms with Crippen LogP contribution in [0.1, 0.15) is 12.0 Å². The molecule has 1 heterocycles. The predicted octanol–water partition coefficient (Wildman–Crippen LogP) is 1.33. The molecule has 1 aromatic heterocycles. The molecule has 4 heteroatoms. The summed E-state index contributed by atoms with van der Waals surface area (Å²) in [5.74, 6) is 0. The molecule has 0 unspecified atom stereocenters. The van der Waals surface area contributed by atoms with Crippen LogP contribution in [0.5, 0.6) is 0 Å². The largest absolute Gasteiger partial charge is 0.316 e. The molecule has 0 aliphatic carbocycles. The van der Waals surface area contributed by atoms with E-state index in [9.17, 15) is 9.59 Å². The Labute approximate surface area is 91.6 Å². The number of H-pyrrole nitrogens is 2. The topological polar surface area (TPSA) is 65.7 Å². The first-order chi connectivity index (χ1) is 7.72. The lowest BCUT2D eigenvalue weighted by atomic mass is 10.1. The summed E-state index contributed by atoms with van der Waals surface area (Å²) >= 11 is 0. The van der Waals surface area contributed by atoms with Crippen molar-refractivity contribution in [3.8, 4) is 0 Å². The number of rotatable bonds is 3. The molecule has 2 rings (SSSR count). The van der Waals surface area contributed by atoms with Crippen LogP contribution < -0.4 is 11.1 Å². The first kappa shape index (κ1) is 10.4. The van der Waals surface area contributed by atoms with Crippen molar-refractivity contribution in [1.82, 2.24) is 9.97 Å². The number of para-hydroxylation sites is 1. The molecule has 4 nitrogen and oxygen atoms in total. The molecule has 16 heavy (non-hydrogen) atoms. The number of aryl methyl sites for hydroxylation is 1. The normalized spacial score (nSPS) is 10.5. The minimum Gasteiger partial charge on any atom is -0.316 e. The van der Waals surface area contributed by atoms with Gasteiger partial charge in [0, 0.05) is 0 Å². The van der Waals surface area contributed by atoms with Gasteiger partial charge in [-0.05, 0) is 24.5 Å². The number of aromatic amines is 2. The van der Waals surface area contributed by atoms with Crippen LogP contribution in [0.2, 0.25) is 0 Å². The Bertz CT molecular complexity index is 637. The van der Waals surface area contributed by atoms with E-state index in [0.717, 1.165) is 18.4 Å². The highest BCUT2D eigenvalue weighted by Crippen LogP contribution is 2.13. The van der Waals surface area contributed by atoms with Gasteiger partial charge in [-0.15, -0.1) is 6.58 Å². The smallest absolute Gasteiger partial charge is 0.314 e. The van der Waals surface area contributed by atoms with Crippen LogP contribution in [-0.4, -0.2) is 9.97 Å². The third kappa shape index (κ3) is 1.82. The van der Waals surface area contributed by atoms with Crippen LogP contribution in [0.4, 0.5) is 0 Å². The molecule has 0 fully saturated rings. The zero-order chi connectivity index (χ0) is 11.5. The Morgan fingerprint density at radius 3 is 2.69 bits per heavy atom. The van der Waals surface area contributed by atoms with E-state index in [-0.39, 0.29) is 0 Å². The van der Waals surface area contributed by atoms with Crippen molar-refractivity contribution in [3.63, 3.8) is 0 Å². The summed E-state index contributed by atoms with van der Waals surface area (Å²) in [6.45, 7) is 3.66. The van der Waals surface area contributed by atoms with Gasteiger partial charge in [0.1, 0.15) is 0 Å². The Hall–Kier alpha value is -2.10. The Balaban J connectivity index is 2.67. The van der Waals surface area contributed by atoms with E-state index < -0.39 is 11.1 Å². The van der Waals surface area contributed by atoms with Crippen molar-refractivity contribution in [2.24, 2.45) is 0 Å². The summed E-state index contributed by atoms with van der Waals surface area (Å²) in [6.07, 6.45) is 3.45. The Kier molecular flexibility index (Phi) is 2.72. The molecule has 82 valence electrons. The molecule has 0 saturated heterocycles. The molecule has 0 atom stereocenters. The molecule has 0 radical (unpaired) electrons. The van der Waals surface area contributed by atoms with Gasteiger partial charge in [0.15, 0.2) is 0 Å². The van der Waals surface area contributed by atoms with Crippen LogP contribution in [0.25, 0.3) is 11.0 Å². The van der Waals surface area contributed by atoms with Crippen LogP contribution >= 0.6 is 0 Å². The fourth-order valence-corrected chi connectivity index (χ4v) is 1.67. The molecule has 0 amide bonds. The van der Waals surface area contributed by atoms with Crippen molar-refractivity contribution in [1.29, 1.82) is 0 Å². The van der Waals surface area contributed by atoms with Gasteiger partial charge in [0.2, 0.25) is 0 Å². The van der Waals surface area contributed by atoms with Crippen LogP contribution in [-0.2, 0) is 6.42 Å². The molecule has 0 spiro atoms. The summed E-state index contributed by atoms with van der Waals surface area (Å²) in [5.41, 5.74) is 1.14. The minimum atomic E-state index is -0.617. The number of hydrogen-bond acceptors (Lipinski definition) is 2. The van der Waals surface area contributed by atoms with E-state index in [1.807, 2.05) is 18.2 Å². The maximum absolute atomic E-state index is 11.2. The monoisotopic (exact) mass is 216 g/mol. The van der Waals surface area contributed by atoms with Gasteiger partial charge in [0.25, 0.3) is 0 Å². The lowest BCUT2D eigenvalue weighted by Gasteiger charge is -2.03. The van der Waals surface area contributed by atoms with Crippen molar-refractivity contribution < 1.29 is 0 Å². The summed E-state index contributed by atoms with van der Waals surface area (Å²) < 4.78 is 0. The number of benzene rings is 1. The summed E-state index contributed by atoms with van der Waals surface area (Å²) in [4.78, 5) is 27.5. The van der Waals surface area contributed by atoms with Gasteiger partial charge in [0.05, 0.1) is 11.0 Å². The van der Waals surface area contributed by atoms with E-state index in [1.54, 1.807) is 6.07 Å². The second-order valence-electron chi connectivity index (χ2n) is 3.58. The summed E-state index contributed by atoms with van der Waals surface area (Å²) in [5, 5.41) is 0. The average Bonchev–Trinajstić information content (AvgIpc) is 2.28. The van der Waals surface area contributed by atoms with E-state index in [4.69, 9.17) is 0 Å². The van der Waals surface area contributed by atoms with E-state index in [1.165, 1.54) is 0 Å². The number of aromatic nitrogens is 2. The highest BCUT2D eigenvalue weighted by molar-refractivity contribution is 5.77. The highest BCUT2D eigenvalue weighted by Gasteiger charge is 2.03. The molecule has 0 saturated carbocycles. The van der Waals surface area contributed by atoms with Crippen molar-refractivity contribution >= 4 is 11.0 Å². The lowest BCUT2D eigenvalue weighted by Crippen LogP contribution is -2.29. The zero-order valence-electron chi connectivity index (χ0n) is 8.75. The van der Waals surface area contributed by atoms with E-state index in [2.05, 4.69) is 16.5 Å². The molecule has 2 N–H and O–H groups in total. The van der Waals surface area contributed by atoms with E-state index >= 15 is 0 Å². The standard InChI is InChI=1S/C12H12N2O2/c1-2-3-5-8-6-4-7-9-10(8)14-12(16)11(15)13-9/h2,4,6-7H,1,3,5H2,(H,13,15)(H,14,16). The van der Waals surface area contributed by atoms with Gasteiger partial charge in [-0.2, -0.15) is 0 Å². The van der Waals surface area contributed by atoms with Crippen molar-refractivity contribution in [2.75, 3.05) is 0 Å². The SMILES string of the molecule is C=CCCc1cccc2[nH]c(=O)c(=O)[nH]c12. The van der Waals surface area contributed by atoms with Gasteiger partial charge >= 0.3 is 11.1 Å². The lowest BCUT2D eigenvalue weighted by molar-refractivity contribution is 1.00. The third-order valence-electron chi connectivity index (χ3n) is 2.46. The van der Waals surface area contributed by atoms with Gasteiger partial charge in [-0.25, -0.2) is 0 Å². The zero-order valence-corrected chi connectivity index (χ0v) is 8.75. The van der Waals surface area contributed by atoms with Crippen molar-refractivity contribution in [2.45, 2.75) is 12.8 Å². The number of allylic oxidation sites excluding steroid dienone is 1. The minimum absolute atomic E-state index is 0.612. The Morgan fingerprint density at radius 1 is 1.19 bits per heavy atom. The third-order valence-corrected chi connectivity index (χ3v) is 2.46. The molecule has 1 aromatic carbocycles. The first-order valence-electron chi connectivity index (χ1n) is 5.07. The van der Waals surface area contributed by atoms with Gasteiger partial charge < -0.3 is 9.97 Å². The summed E-state index contributed by atoms with van der Waals surface area (Å²) in [7, 11) is 0. The highest BCUT2D eigenvalue weighted by atomic mass is 16.2. The van der Waals surface area contributed by atoms with Crippen molar-refractivity contribution in [3.05, 3.63) is 57.1 Å². The number of hydrogen-bond donors (Lipinski definition) is 2. The maximum atomic E-state index is 11.2. The molecule has 2 aromatic rings. The Morgan fingerprint density at radius 2 is 1.94 bits per heavy atom. The molecule has 0 bridgehead atoms. The number of nitrogens with one attached hydrogen (secondary N) is 2. The molecule has 0 aliphatic heterocycles. The quantitative estimate of drug-likeness (QED) is 0.600. The molecular weight excluding hydrogens is 204 g/mol. The number of fused-ring (bicyclic) bond motifs is 1. The van der Waals surface area contributed by atoms with Crippen LogP contribution in [0.3, 0.4) is 0 Å².